The molecule has 2 aromatic carbocycles. The number of anilines is 1. The van der Waals surface area contributed by atoms with Crippen molar-refractivity contribution in [1.82, 2.24) is 5.32 Å². The van der Waals surface area contributed by atoms with E-state index in [1.165, 1.54) is 26.6 Å². The van der Waals surface area contributed by atoms with Crippen LogP contribution in [0.3, 0.4) is 0 Å². The van der Waals surface area contributed by atoms with Gasteiger partial charge in [0.05, 0.1) is 5.69 Å². The molecular formula is C18H23BN2S. The molecule has 0 amide bonds. The van der Waals surface area contributed by atoms with Gasteiger partial charge < -0.3 is 10.2 Å². The molecule has 2 aromatic rings. The molecule has 1 N–H and O–H groups in total. The first-order chi connectivity index (χ1) is 10.8. The zero-order valence-corrected chi connectivity index (χ0v) is 14.2. The molecule has 1 aliphatic rings. The molecule has 0 spiro atoms. The Hall–Kier alpha value is -1.39. The van der Waals surface area contributed by atoms with Crippen molar-refractivity contribution >= 4 is 25.3 Å². The van der Waals surface area contributed by atoms with Gasteiger partial charge >= 0.3 is 0 Å². The molecular weight excluding hydrogens is 287 g/mol. The fourth-order valence-corrected chi connectivity index (χ4v) is 4.07. The summed E-state index contributed by atoms with van der Waals surface area (Å²) in [7, 11) is 2.24. The normalized spacial score (nSPS) is 15.0. The van der Waals surface area contributed by atoms with E-state index in [0.717, 1.165) is 32.5 Å². The molecule has 0 atom stereocenters. The van der Waals surface area contributed by atoms with Crippen molar-refractivity contribution in [3.05, 3.63) is 53.6 Å². The van der Waals surface area contributed by atoms with E-state index in [9.17, 15) is 0 Å². The van der Waals surface area contributed by atoms with Gasteiger partial charge in [-0.2, -0.15) is 0 Å². The molecule has 0 aromatic heterocycles. The molecule has 4 heteroatoms. The number of benzene rings is 2. The fraction of sp³-hybridized carbons (Fsp3) is 0.333. The minimum atomic E-state index is 1.07. The van der Waals surface area contributed by atoms with E-state index in [0.29, 0.717) is 0 Å². The summed E-state index contributed by atoms with van der Waals surface area (Å²) in [5, 5.41) is 3.43. The molecule has 3 rings (SSSR count). The lowest BCUT2D eigenvalue weighted by molar-refractivity contribution is 0.587. The predicted molar refractivity (Wildman–Crippen MR) is 99.1 cm³/mol. The van der Waals surface area contributed by atoms with Gasteiger partial charge in [0.2, 0.25) is 0 Å². The molecule has 0 radical (unpaired) electrons. The Balaban J connectivity index is 1.89. The van der Waals surface area contributed by atoms with Crippen molar-refractivity contribution in [2.45, 2.75) is 23.0 Å². The number of nitrogens with zero attached hydrogens (tertiary/aromatic N) is 1. The van der Waals surface area contributed by atoms with Crippen molar-refractivity contribution in [3.63, 3.8) is 0 Å². The Morgan fingerprint density at radius 1 is 1.09 bits per heavy atom. The number of piperazine rings is 1. The first kappa shape index (κ1) is 15.5. The molecule has 114 valence electrons. The van der Waals surface area contributed by atoms with Gasteiger partial charge in [-0.05, 0) is 30.7 Å². The van der Waals surface area contributed by atoms with E-state index in [-0.39, 0.29) is 0 Å². The summed E-state index contributed by atoms with van der Waals surface area (Å²) >= 11 is 1.91. The summed E-state index contributed by atoms with van der Waals surface area (Å²) in [5.41, 5.74) is 4.16. The number of para-hydroxylation sites is 1. The standard InChI is InChI=1S/C18H23BN2S/c1-14-6-7-17(15(12-14)13-19)22-18-5-3-2-4-16(18)21-10-8-20-9-11-21/h2-7,12,20H,8-11,13,19H2,1H3. The zero-order chi connectivity index (χ0) is 15.4. The number of nitrogens with one attached hydrogen (secondary N) is 1. The van der Waals surface area contributed by atoms with Gasteiger partial charge in [-0.25, -0.2) is 0 Å². The van der Waals surface area contributed by atoms with E-state index in [2.05, 4.69) is 67.5 Å². The molecule has 1 heterocycles. The summed E-state index contributed by atoms with van der Waals surface area (Å²) < 4.78 is 0. The Kier molecular flexibility index (Phi) is 5.11. The maximum absolute atomic E-state index is 3.43. The molecule has 0 bridgehead atoms. The average Bonchev–Trinajstić information content (AvgIpc) is 2.57. The Morgan fingerprint density at radius 2 is 1.86 bits per heavy atom. The Labute approximate surface area is 138 Å². The van der Waals surface area contributed by atoms with Crippen LogP contribution >= 0.6 is 11.8 Å². The second-order valence-electron chi connectivity index (χ2n) is 5.77. The number of rotatable bonds is 4. The van der Waals surface area contributed by atoms with Crippen molar-refractivity contribution in [1.29, 1.82) is 0 Å². The van der Waals surface area contributed by atoms with Gasteiger partial charge in [-0.3, -0.25) is 0 Å². The van der Waals surface area contributed by atoms with Crippen molar-refractivity contribution < 1.29 is 0 Å². The fourth-order valence-electron chi connectivity index (χ4n) is 2.91. The number of hydrogen-bond acceptors (Lipinski definition) is 3. The Bertz CT molecular complexity index is 639. The topological polar surface area (TPSA) is 15.3 Å². The van der Waals surface area contributed by atoms with Crippen LogP contribution in [-0.2, 0) is 6.32 Å². The SMILES string of the molecule is BCc1cc(C)ccc1Sc1ccccc1N1CCNCC1. The second kappa shape index (κ2) is 7.25. The van der Waals surface area contributed by atoms with Crippen molar-refractivity contribution in [2.75, 3.05) is 31.1 Å². The Morgan fingerprint density at radius 3 is 2.64 bits per heavy atom. The molecule has 22 heavy (non-hydrogen) atoms. The summed E-state index contributed by atoms with van der Waals surface area (Å²) in [6.07, 6.45) is 1.08. The van der Waals surface area contributed by atoms with E-state index in [1.807, 2.05) is 11.8 Å². The summed E-state index contributed by atoms with van der Waals surface area (Å²) in [4.78, 5) is 5.25. The molecule has 0 unspecified atom stereocenters. The van der Waals surface area contributed by atoms with Gasteiger partial charge in [0.1, 0.15) is 7.85 Å². The number of aryl methyl sites for hydroxylation is 1. The van der Waals surface area contributed by atoms with Gasteiger partial charge in [-0.1, -0.05) is 47.9 Å². The van der Waals surface area contributed by atoms with Crippen LogP contribution in [0.5, 0.6) is 0 Å². The largest absolute Gasteiger partial charge is 0.368 e. The minimum Gasteiger partial charge on any atom is -0.368 e. The van der Waals surface area contributed by atoms with Crippen LogP contribution < -0.4 is 10.2 Å². The lowest BCUT2D eigenvalue weighted by Crippen LogP contribution is -2.43. The lowest BCUT2D eigenvalue weighted by atomic mass is 9.96. The molecule has 1 saturated heterocycles. The molecule has 0 aliphatic carbocycles. The lowest BCUT2D eigenvalue weighted by Gasteiger charge is -2.31. The third-order valence-electron chi connectivity index (χ3n) is 4.14. The third kappa shape index (κ3) is 3.50. The van der Waals surface area contributed by atoms with Crippen LogP contribution in [-0.4, -0.2) is 34.0 Å². The van der Waals surface area contributed by atoms with Crippen LogP contribution in [0.15, 0.2) is 52.3 Å². The monoisotopic (exact) mass is 310 g/mol. The quantitative estimate of drug-likeness (QED) is 0.874. The van der Waals surface area contributed by atoms with Gasteiger partial charge in [0.25, 0.3) is 0 Å². The number of hydrogen-bond donors (Lipinski definition) is 1. The van der Waals surface area contributed by atoms with Gasteiger partial charge in [0, 0.05) is 36.0 Å². The van der Waals surface area contributed by atoms with Crippen LogP contribution in [0.25, 0.3) is 0 Å². The molecule has 0 saturated carbocycles. The predicted octanol–water partition coefficient (Wildman–Crippen LogP) is 2.69. The van der Waals surface area contributed by atoms with Gasteiger partial charge in [0.15, 0.2) is 0 Å². The molecule has 2 nitrogen and oxygen atoms in total. The molecule has 1 fully saturated rings. The third-order valence-corrected chi connectivity index (χ3v) is 5.32. The second-order valence-corrected chi connectivity index (χ2v) is 6.86. The van der Waals surface area contributed by atoms with Crippen LogP contribution in [0.4, 0.5) is 5.69 Å². The molecule has 1 aliphatic heterocycles. The highest BCUT2D eigenvalue weighted by Gasteiger charge is 2.15. The summed E-state index contributed by atoms with van der Waals surface area (Å²) in [6.45, 7) is 6.49. The maximum Gasteiger partial charge on any atom is 0.107 e. The van der Waals surface area contributed by atoms with Crippen LogP contribution in [0.1, 0.15) is 11.1 Å². The average molecular weight is 310 g/mol. The maximum atomic E-state index is 3.43. The smallest absolute Gasteiger partial charge is 0.107 e. The first-order valence-electron chi connectivity index (χ1n) is 8.10. The minimum absolute atomic E-state index is 1.07. The summed E-state index contributed by atoms with van der Waals surface area (Å²) in [5.74, 6) is 0. The highest BCUT2D eigenvalue weighted by atomic mass is 32.2. The zero-order valence-electron chi connectivity index (χ0n) is 13.4. The highest BCUT2D eigenvalue weighted by molar-refractivity contribution is 7.99. The van der Waals surface area contributed by atoms with E-state index in [4.69, 9.17) is 0 Å². The van der Waals surface area contributed by atoms with Crippen LogP contribution in [0.2, 0.25) is 0 Å². The van der Waals surface area contributed by atoms with Crippen molar-refractivity contribution in [3.8, 4) is 0 Å². The van der Waals surface area contributed by atoms with E-state index in [1.54, 1.807) is 0 Å². The first-order valence-corrected chi connectivity index (χ1v) is 8.91. The van der Waals surface area contributed by atoms with Gasteiger partial charge in [-0.15, -0.1) is 0 Å². The van der Waals surface area contributed by atoms with E-state index < -0.39 is 0 Å². The summed E-state index contributed by atoms with van der Waals surface area (Å²) in [6, 6.07) is 15.6. The van der Waals surface area contributed by atoms with E-state index >= 15 is 0 Å². The highest BCUT2D eigenvalue weighted by Crippen LogP contribution is 2.37. The van der Waals surface area contributed by atoms with Crippen molar-refractivity contribution in [2.24, 2.45) is 0 Å². The van der Waals surface area contributed by atoms with Crippen LogP contribution in [0, 0.1) is 6.92 Å².